The van der Waals surface area contributed by atoms with E-state index in [1.165, 1.54) is 0 Å². The zero-order chi connectivity index (χ0) is 11.1. The van der Waals surface area contributed by atoms with Gasteiger partial charge in [-0.1, -0.05) is 0 Å². The van der Waals surface area contributed by atoms with Crippen molar-refractivity contribution in [3.63, 3.8) is 0 Å². The molecule has 1 aromatic carbocycles. The summed E-state index contributed by atoms with van der Waals surface area (Å²) in [5.41, 5.74) is 8.22. The minimum absolute atomic E-state index is 0.445. The molecule has 2 N–H and O–H groups in total. The average Bonchev–Trinajstić information content (AvgIpc) is 2.76. The van der Waals surface area contributed by atoms with E-state index in [1.54, 1.807) is 36.9 Å². The summed E-state index contributed by atoms with van der Waals surface area (Å²) in [5.74, 6) is -0.445. The summed E-state index contributed by atoms with van der Waals surface area (Å²) in [6.07, 6.45) is 5.13. The van der Waals surface area contributed by atoms with Gasteiger partial charge in [-0.2, -0.15) is 0 Å². The Hall–Kier alpha value is -2.43. The number of hydrogen-bond donors (Lipinski definition) is 1. The van der Waals surface area contributed by atoms with Gasteiger partial charge in [0, 0.05) is 5.56 Å². The third-order valence-corrected chi connectivity index (χ3v) is 2.52. The van der Waals surface area contributed by atoms with E-state index in [2.05, 4.69) is 9.97 Å². The van der Waals surface area contributed by atoms with Gasteiger partial charge in [0.25, 0.3) is 0 Å². The smallest absolute Gasteiger partial charge is 0.248 e. The monoisotopic (exact) mass is 212 g/mol. The van der Waals surface area contributed by atoms with E-state index in [1.807, 2.05) is 4.40 Å². The van der Waals surface area contributed by atoms with E-state index in [0.29, 0.717) is 5.56 Å². The van der Waals surface area contributed by atoms with Gasteiger partial charge >= 0.3 is 0 Å². The lowest BCUT2D eigenvalue weighted by Gasteiger charge is -2.02. The molecule has 0 atom stereocenters. The van der Waals surface area contributed by atoms with Gasteiger partial charge in [-0.25, -0.2) is 4.98 Å². The highest BCUT2D eigenvalue weighted by Crippen LogP contribution is 2.15. The lowest BCUT2D eigenvalue weighted by molar-refractivity contribution is 0.100. The van der Waals surface area contributed by atoms with Crippen LogP contribution in [0.1, 0.15) is 10.4 Å². The van der Waals surface area contributed by atoms with Crippen molar-refractivity contribution in [3.05, 3.63) is 42.5 Å². The molecule has 1 amide bonds. The van der Waals surface area contributed by atoms with Crippen LogP contribution < -0.4 is 5.73 Å². The van der Waals surface area contributed by atoms with Crippen molar-refractivity contribution in [2.75, 3.05) is 0 Å². The number of aromatic nitrogens is 3. The van der Waals surface area contributed by atoms with Crippen LogP contribution in [-0.2, 0) is 0 Å². The number of nitrogens with two attached hydrogens (primary N) is 1. The molecule has 0 saturated carbocycles. The first kappa shape index (κ1) is 8.84. The molecule has 0 spiro atoms. The van der Waals surface area contributed by atoms with Crippen molar-refractivity contribution >= 4 is 22.5 Å². The number of rotatable bonds is 1. The number of primary amides is 1. The Morgan fingerprint density at radius 3 is 3.00 bits per heavy atom. The number of nitrogens with zero attached hydrogens (tertiary/aromatic N) is 3. The summed E-state index contributed by atoms with van der Waals surface area (Å²) in [6, 6.07) is 5.16. The third kappa shape index (κ3) is 1.15. The SMILES string of the molecule is NC(=O)c1ccc2ncc3cncn3c2c1. The molecule has 3 aromatic rings. The van der Waals surface area contributed by atoms with Crippen molar-refractivity contribution in [1.29, 1.82) is 0 Å². The van der Waals surface area contributed by atoms with Crippen molar-refractivity contribution in [1.82, 2.24) is 14.4 Å². The summed E-state index contributed by atoms with van der Waals surface area (Å²) < 4.78 is 1.87. The molecule has 0 bridgehead atoms. The van der Waals surface area contributed by atoms with Gasteiger partial charge in [-0.3, -0.25) is 14.2 Å². The van der Waals surface area contributed by atoms with Gasteiger partial charge in [-0.15, -0.1) is 0 Å². The minimum Gasteiger partial charge on any atom is -0.366 e. The molecule has 0 aliphatic heterocycles. The maximum Gasteiger partial charge on any atom is 0.248 e. The zero-order valence-electron chi connectivity index (χ0n) is 8.29. The molecule has 3 rings (SSSR count). The lowest BCUT2D eigenvalue weighted by atomic mass is 10.2. The van der Waals surface area contributed by atoms with E-state index >= 15 is 0 Å². The quantitative estimate of drug-likeness (QED) is 0.653. The third-order valence-electron chi connectivity index (χ3n) is 2.52. The average molecular weight is 212 g/mol. The Bertz CT molecular complexity index is 701. The lowest BCUT2D eigenvalue weighted by Crippen LogP contribution is -2.10. The first-order valence-electron chi connectivity index (χ1n) is 4.76. The van der Waals surface area contributed by atoms with E-state index in [4.69, 9.17) is 5.73 Å². The molecule has 5 nitrogen and oxygen atoms in total. The van der Waals surface area contributed by atoms with Gasteiger partial charge in [0.1, 0.15) is 0 Å². The van der Waals surface area contributed by atoms with Crippen LogP contribution in [0.2, 0.25) is 0 Å². The standard InChI is InChI=1S/C11H8N4O/c12-11(16)7-1-2-9-10(3-7)15-6-13-4-8(15)5-14-9/h1-6H,(H2,12,16). The van der Waals surface area contributed by atoms with Crippen molar-refractivity contribution in [2.45, 2.75) is 0 Å². The van der Waals surface area contributed by atoms with Crippen LogP contribution in [-0.4, -0.2) is 20.3 Å². The second kappa shape index (κ2) is 3.03. The van der Waals surface area contributed by atoms with E-state index in [-0.39, 0.29) is 0 Å². The molecular formula is C11H8N4O. The van der Waals surface area contributed by atoms with Gasteiger partial charge in [0.15, 0.2) is 0 Å². The number of carbonyl (C=O) groups excluding carboxylic acids is 1. The molecule has 78 valence electrons. The highest BCUT2D eigenvalue weighted by molar-refractivity contribution is 5.96. The number of benzene rings is 1. The summed E-state index contributed by atoms with van der Waals surface area (Å²) in [5, 5.41) is 0. The second-order valence-corrected chi connectivity index (χ2v) is 3.51. The highest BCUT2D eigenvalue weighted by Gasteiger charge is 2.05. The van der Waals surface area contributed by atoms with E-state index < -0.39 is 5.91 Å². The summed E-state index contributed by atoms with van der Waals surface area (Å²) in [6.45, 7) is 0. The number of hydrogen-bond acceptors (Lipinski definition) is 3. The van der Waals surface area contributed by atoms with Crippen LogP contribution in [0.5, 0.6) is 0 Å². The fraction of sp³-hybridized carbons (Fsp3) is 0. The van der Waals surface area contributed by atoms with Crippen LogP contribution in [0.15, 0.2) is 36.9 Å². The number of carbonyl (C=O) groups is 1. The normalized spacial score (nSPS) is 11.0. The Balaban J connectivity index is 2.46. The van der Waals surface area contributed by atoms with Crippen LogP contribution in [0, 0.1) is 0 Å². The number of fused-ring (bicyclic) bond motifs is 3. The topological polar surface area (TPSA) is 73.3 Å². The molecule has 0 saturated heterocycles. The first-order valence-corrected chi connectivity index (χ1v) is 4.76. The van der Waals surface area contributed by atoms with Crippen molar-refractivity contribution in [2.24, 2.45) is 5.73 Å². The fourth-order valence-corrected chi connectivity index (χ4v) is 1.72. The van der Waals surface area contributed by atoms with Crippen LogP contribution in [0.3, 0.4) is 0 Å². The molecule has 0 unspecified atom stereocenters. The molecule has 16 heavy (non-hydrogen) atoms. The van der Waals surface area contributed by atoms with Crippen molar-refractivity contribution in [3.8, 4) is 0 Å². The summed E-state index contributed by atoms with van der Waals surface area (Å²) in [7, 11) is 0. The maximum absolute atomic E-state index is 11.1. The second-order valence-electron chi connectivity index (χ2n) is 3.51. The van der Waals surface area contributed by atoms with Gasteiger partial charge < -0.3 is 5.73 Å². The van der Waals surface area contributed by atoms with Crippen molar-refractivity contribution < 1.29 is 4.79 Å². The van der Waals surface area contributed by atoms with Crippen LogP contribution in [0.25, 0.3) is 16.6 Å². The van der Waals surface area contributed by atoms with Gasteiger partial charge in [0.2, 0.25) is 5.91 Å². The first-order chi connectivity index (χ1) is 7.75. The van der Waals surface area contributed by atoms with Crippen LogP contribution in [0.4, 0.5) is 0 Å². The van der Waals surface area contributed by atoms with Crippen LogP contribution >= 0.6 is 0 Å². The molecule has 0 aliphatic carbocycles. The predicted molar refractivity (Wildman–Crippen MR) is 59.0 cm³/mol. The largest absolute Gasteiger partial charge is 0.366 e. The Morgan fingerprint density at radius 1 is 1.31 bits per heavy atom. The minimum atomic E-state index is -0.445. The molecule has 0 fully saturated rings. The summed E-state index contributed by atoms with van der Waals surface area (Å²) >= 11 is 0. The van der Waals surface area contributed by atoms with Gasteiger partial charge in [0.05, 0.1) is 35.3 Å². The number of amides is 1. The predicted octanol–water partition coefficient (Wildman–Crippen LogP) is 0.981. The molecule has 5 heteroatoms. The van der Waals surface area contributed by atoms with Gasteiger partial charge in [-0.05, 0) is 18.2 Å². The molecular weight excluding hydrogens is 204 g/mol. The molecule has 0 aliphatic rings. The van der Waals surface area contributed by atoms with E-state index in [9.17, 15) is 4.79 Å². The molecule has 2 aromatic heterocycles. The fourth-order valence-electron chi connectivity index (χ4n) is 1.72. The Kier molecular flexibility index (Phi) is 1.67. The maximum atomic E-state index is 11.1. The zero-order valence-corrected chi connectivity index (χ0v) is 8.29. The summed E-state index contributed by atoms with van der Waals surface area (Å²) in [4.78, 5) is 19.4. The highest BCUT2D eigenvalue weighted by atomic mass is 16.1. The Morgan fingerprint density at radius 2 is 2.19 bits per heavy atom. The molecule has 2 heterocycles. The number of imidazole rings is 1. The molecule has 0 radical (unpaired) electrons. The van der Waals surface area contributed by atoms with E-state index in [0.717, 1.165) is 16.6 Å². The Labute approximate surface area is 90.5 Å².